The van der Waals surface area contributed by atoms with Gasteiger partial charge >= 0.3 is 6.03 Å². The summed E-state index contributed by atoms with van der Waals surface area (Å²) in [6, 6.07) is 9.29. The van der Waals surface area contributed by atoms with Crippen molar-refractivity contribution in [1.29, 1.82) is 0 Å². The Morgan fingerprint density at radius 1 is 1.07 bits per heavy atom. The van der Waals surface area contributed by atoms with E-state index in [-0.39, 0.29) is 11.9 Å². The first-order valence-corrected chi connectivity index (χ1v) is 10.3. The molecule has 0 bridgehead atoms. The van der Waals surface area contributed by atoms with E-state index in [1.54, 1.807) is 18.4 Å². The molecule has 3 amide bonds. The molecule has 0 unspecified atom stereocenters. The molecule has 1 fully saturated rings. The minimum atomic E-state index is -0.179. The predicted molar refractivity (Wildman–Crippen MR) is 110 cm³/mol. The van der Waals surface area contributed by atoms with Crippen molar-refractivity contribution in [3.8, 4) is 5.75 Å². The summed E-state index contributed by atoms with van der Waals surface area (Å²) in [4.78, 5) is 28.4. The average molecular weight is 403 g/mol. The number of carbonyl (C=O) groups is 2. The van der Waals surface area contributed by atoms with Crippen LogP contribution in [0.4, 0.5) is 4.79 Å². The Balaban J connectivity index is 1.30. The number of hydrogen-bond donors (Lipinski definition) is 2. The highest BCUT2D eigenvalue weighted by Crippen LogP contribution is 2.12. The number of benzene rings is 1. The number of methoxy groups -OCH3 is 1. The van der Waals surface area contributed by atoms with Crippen LogP contribution in [-0.4, -0.2) is 68.1 Å². The molecule has 2 heterocycles. The Kier molecular flexibility index (Phi) is 7.27. The third kappa shape index (κ3) is 5.71. The third-order valence-electron chi connectivity index (χ3n) is 4.75. The van der Waals surface area contributed by atoms with Gasteiger partial charge in [-0.2, -0.15) is 11.3 Å². The van der Waals surface area contributed by atoms with Gasteiger partial charge in [-0.3, -0.25) is 9.69 Å². The van der Waals surface area contributed by atoms with Crippen LogP contribution in [0.25, 0.3) is 0 Å². The van der Waals surface area contributed by atoms with Crippen LogP contribution in [0.5, 0.6) is 5.75 Å². The third-order valence-corrected chi connectivity index (χ3v) is 5.44. The van der Waals surface area contributed by atoms with Gasteiger partial charge in [0.25, 0.3) is 5.91 Å². The van der Waals surface area contributed by atoms with Gasteiger partial charge in [0.15, 0.2) is 0 Å². The summed E-state index contributed by atoms with van der Waals surface area (Å²) >= 11 is 1.54. The highest BCUT2D eigenvalue weighted by Gasteiger charge is 2.22. The number of amides is 3. The summed E-state index contributed by atoms with van der Waals surface area (Å²) in [6.07, 6.45) is 0. The summed E-state index contributed by atoms with van der Waals surface area (Å²) in [7, 11) is 1.63. The minimum absolute atomic E-state index is 0.108. The lowest BCUT2D eigenvalue weighted by molar-refractivity contribution is 0.0640. The fourth-order valence-electron chi connectivity index (χ4n) is 3.06. The Morgan fingerprint density at radius 2 is 1.82 bits per heavy atom. The van der Waals surface area contributed by atoms with Crippen LogP contribution in [0, 0.1) is 0 Å². The van der Waals surface area contributed by atoms with Crippen LogP contribution < -0.4 is 15.4 Å². The number of nitrogens with zero attached hydrogens (tertiary/aromatic N) is 2. The fraction of sp³-hybridized carbons (Fsp3) is 0.400. The Labute approximate surface area is 169 Å². The first-order chi connectivity index (χ1) is 13.7. The standard InChI is InChI=1S/C20H26N4O3S/c1-27-18-4-2-16(3-5-18)14-22-20(26)21-7-8-23-9-11-24(12-10-23)19(25)17-6-13-28-15-17/h2-6,13,15H,7-12,14H2,1H3,(H2,21,22,26). The molecule has 150 valence electrons. The molecule has 2 N–H and O–H groups in total. The van der Waals surface area contributed by atoms with Gasteiger partial charge in [0, 0.05) is 51.2 Å². The minimum Gasteiger partial charge on any atom is -0.497 e. The summed E-state index contributed by atoms with van der Waals surface area (Å²) in [5.74, 6) is 0.905. The highest BCUT2D eigenvalue weighted by atomic mass is 32.1. The lowest BCUT2D eigenvalue weighted by Crippen LogP contribution is -2.50. The van der Waals surface area contributed by atoms with E-state index in [9.17, 15) is 9.59 Å². The number of carbonyl (C=O) groups excluding carboxylic acids is 2. The van der Waals surface area contributed by atoms with E-state index in [1.165, 1.54) is 0 Å². The maximum atomic E-state index is 12.3. The molecule has 28 heavy (non-hydrogen) atoms. The molecular formula is C20H26N4O3S. The van der Waals surface area contributed by atoms with Gasteiger partial charge in [0.05, 0.1) is 12.7 Å². The zero-order valence-corrected chi connectivity index (χ0v) is 16.8. The second-order valence-electron chi connectivity index (χ2n) is 6.60. The molecule has 3 rings (SSSR count). The van der Waals surface area contributed by atoms with E-state index in [0.717, 1.165) is 49.6 Å². The lowest BCUT2D eigenvalue weighted by Gasteiger charge is -2.34. The van der Waals surface area contributed by atoms with Gasteiger partial charge in [0.2, 0.25) is 0 Å². The van der Waals surface area contributed by atoms with Gasteiger partial charge in [-0.15, -0.1) is 0 Å². The predicted octanol–water partition coefficient (Wildman–Crippen LogP) is 2.01. The number of piperazine rings is 1. The van der Waals surface area contributed by atoms with Crippen molar-refractivity contribution < 1.29 is 14.3 Å². The molecule has 1 aromatic heterocycles. The van der Waals surface area contributed by atoms with E-state index in [0.29, 0.717) is 13.1 Å². The molecule has 1 saturated heterocycles. The van der Waals surface area contributed by atoms with E-state index in [2.05, 4.69) is 15.5 Å². The van der Waals surface area contributed by atoms with Crippen molar-refractivity contribution in [2.45, 2.75) is 6.54 Å². The van der Waals surface area contributed by atoms with Crippen molar-refractivity contribution in [1.82, 2.24) is 20.4 Å². The lowest BCUT2D eigenvalue weighted by atomic mass is 10.2. The number of nitrogens with one attached hydrogen (secondary N) is 2. The Hall–Kier alpha value is -2.58. The zero-order valence-electron chi connectivity index (χ0n) is 16.0. The van der Waals surface area contributed by atoms with Gasteiger partial charge in [-0.25, -0.2) is 4.79 Å². The first-order valence-electron chi connectivity index (χ1n) is 9.34. The van der Waals surface area contributed by atoms with E-state index in [1.807, 2.05) is 46.0 Å². The molecular weight excluding hydrogens is 376 g/mol. The SMILES string of the molecule is COc1ccc(CNC(=O)NCCN2CCN(C(=O)c3ccsc3)CC2)cc1. The first kappa shape index (κ1) is 20.2. The van der Waals surface area contributed by atoms with Gasteiger partial charge < -0.3 is 20.3 Å². The Bertz CT molecular complexity index is 756. The number of rotatable bonds is 7. The maximum Gasteiger partial charge on any atom is 0.315 e. The van der Waals surface area contributed by atoms with E-state index >= 15 is 0 Å². The second kappa shape index (κ2) is 10.1. The van der Waals surface area contributed by atoms with Gasteiger partial charge in [-0.1, -0.05) is 12.1 Å². The number of ether oxygens (including phenoxy) is 1. The van der Waals surface area contributed by atoms with Crippen LogP contribution in [0.1, 0.15) is 15.9 Å². The number of hydrogen-bond acceptors (Lipinski definition) is 5. The Morgan fingerprint density at radius 3 is 2.46 bits per heavy atom. The smallest absolute Gasteiger partial charge is 0.315 e. The molecule has 0 atom stereocenters. The number of thiophene rings is 1. The van der Waals surface area contributed by atoms with Crippen molar-refractivity contribution in [3.63, 3.8) is 0 Å². The summed E-state index contributed by atoms with van der Waals surface area (Å²) in [5.41, 5.74) is 1.79. The fourth-order valence-corrected chi connectivity index (χ4v) is 3.69. The zero-order chi connectivity index (χ0) is 19.8. The quantitative estimate of drug-likeness (QED) is 0.743. The molecule has 0 spiro atoms. The second-order valence-corrected chi connectivity index (χ2v) is 7.38. The van der Waals surface area contributed by atoms with Crippen molar-refractivity contribution in [2.75, 3.05) is 46.4 Å². The monoisotopic (exact) mass is 402 g/mol. The van der Waals surface area contributed by atoms with Crippen LogP contribution >= 0.6 is 11.3 Å². The molecule has 1 aliphatic rings. The molecule has 0 aliphatic carbocycles. The summed E-state index contributed by atoms with van der Waals surface area (Å²) in [5, 5.41) is 9.55. The molecule has 7 nitrogen and oxygen atoms in total. The highest BCUT2D eigenvalue weighted by molar-refractivity contribution is 7.08. The number of urea groups is 1. The van der Waals surface area contributed by atoms with E-state index < -0.39 is 0 Å². The van der Waals surface area contributed by atoms with Crippen LogP contribution in [0.2, 0.25) is 0 Å². The molecule has 2 aromatic rings. The van der Waals surface area contributed by atoms with Crippen LogP contribution in [0.15, 0.2) is 41.1 Å². The van der Waals surface area contributed by atoms with Crippen LogP contribution in [0.3, 0.4) is 0 Å². The average Bonchev–Trinajstić information content (AvgIpc) is 3.27. The molecule has 0 saturated carbocycles. The summed E-state index contributed by atoms with van der Waals surface area (Å²) < 4.78 is 5.12. The van der Waals surface area contributed by atoms with Crippen molar-refractivity contribution in [2.24, 2.45) is 0 Å². The molecule has 1 aromatic carbocycles. The van der Waals surface area contributed by atoms with Gasteiger partial charge in [0.1, 0.15) is 5.75 Å². The normalized spacial score (nSPS) is 14.5. The van der Waals surface area contributed by atoms with Crippen molar-refractivity contribution >= 4 is 23.3 Å². The van der Waals surface area contributed by atoms with E-state index in [4.69, 9.17) is 4.74 Å². The molecule has 8 heteroatoms. The van der Waals surface area contributed by atoms with Crippen molar-refractivity contribution in [3.05, 3.63) is 52.2 Å². The summed E-state index contributed by atoms with van der Waals surface area (Å²) in [6.45, 7) is 4.91. The molecule has 0 radical (unpaired) electrons. The molecule has 1 aliphatic heterocycles. The van der Waals surface area contributed by atoms with Crippen LogP contribution in [-0.2, 0) is 6.54 Å². The maximum absolute atomic E-state index is 12.3. The van der Waals surface area contributed by atoms with Gasteiger partial charge in [-0.05, 0) is 29.1 Å². The topological polar surface area (TPSA) is 73.9 Å². The largest absolute Gasteiger partial charge is 0.497 e.